The molecule has 7 heteroatoms. The Kier molecular flexibility index (Phi) is 4.82. The summed E-state index contributed by atoms with van der Waals surface area (Å²) in [6.07, 6.45) is 3.78. The monoisotopic (exact) mass is 355 g/mol. The van der Waals surface area contributed by atoms with E-state index >= 15 is 0 Å². The van der Waals surface area contributed by atoms with Gasteiger partial charge >= 0.3 is 0 Å². The van der Waals surface area contributed by atoms with Crippen LogP contribution in [0, 0.1) is 5.92 Å². The summed E-state index contributed by atoms with van der Waals surface area (Å²) in [5.41, 5.74) is 7.30. The number of carbonyl (C=O) groups is 2. The Hall–Kier alpha value is -2.67. The van der Waals surface area contributed by atoms with Crippen LogP contribution in [0.1, 0.15) is 30.9 Å². The smallest absolute Gasteiger partial charge is 0.229 e. The number of benzene rings is 1. The molecule has 1 fully saturated rings. The molecular weight excluding hydrogens is 330 g/mol. The van der Waals surface area contributed by atoms with E-state index < -0.39 is 5.41 Å². The topological polar surface area (TPSA) is 102 Å². The first-order valence-corrected chi connectivity index (χ1v) is 8.69. The second kappa shape index (κ2) is 6.92. The van der Waals surface area contributed by atoms with Gasteiger partial charge in [0, 0.05) is 37.9 Å². The number of rotatable bonds is 5. The van der Waals surface area contributed by atoms with E-state index in [1.54, 1.807) is 30.7 Å². The van der Waals surface area contributed by atoms with Crippen molar-refractivity contribution in [2.24, 2.45) is 18.7 Å². The SMILES string of the molecule is Cn1cc([C@H]2CNC[C@@H]2C(=O)Nc2ccc(C(C)(C)C(N)=O)cc2)cn1. The zero-order chi connectivity index (χ0) is 18.9. The van der Waals surface area contributed by atoms with E-state index in [-0.39, 0.29) is 23.7 Å². The van der Waals surface area contributed by atoms with E-state index in [9.17, 15) is 9.59 Å². The van der Waals surface area contributed by atoms with Gasteiger partial charge in [-0.25, -0.2) is 0 Å². The maximum atomic E-state index is 12.7. The molecule has 138 valence electrons. The lowest BCUT2D eigenvalue weighted by atomic mass is 9.84. The van der Waals surface area contributed by atoms with Crippen molar-refractivity contribution in [3.63, 3.8) is 0 Å². The molecule has 26 heavy (non-hydrogen) atoms. The van der Waals surface area contributed by atoms with Crippen LogP contribution in [-0.2, 0) is 22.1 Å². The number of nitrogens with one attached hydrogen (secondary N) is 2. The molecule has 4 N–H and O–H groups in total. The maximum Gasteiger partial charge on any atom is 0.229 e. The van der Waals surface area contributed by atoms with Crippen molar-refractivity contribution in [1.82, 2.24) is 15.1 Å². The Labute approximate surface area is 153 Å². The summed E-state index contributed by atoms with van der Waals surface area (Å²) in [6, 6.07) is 7.26. The van der Waals surface area contributed by atoms with Gasteiger partial charge in [0.05, 0.1) is 17.5 Å². The number of aryl methyl sites for hydroxylation is 1. The average Bonchev–Trinajstić information content (AvgIpc) is 3.23. The van der Waals surface area contributed by atoms with Crippen molar-refractivity contribution in [2.45, 2.75) is 25.2 Å². The van der Waals surface area contributed by atoms with Crippen LogP contribution in [0.5, 0.6) is 0 Å². The molecule has 2 amide bonds. The first-order valence-electron chi connectivity index (χ1n) is 8.69. The summed E-state index contributed by atoms with van der Waals surface area (Å²) in [4.78, 5) is 24.3. The van der Waals surface area contributed by atoms with Crippen molar-refractivity contribution in [3.8, 4) is 0 Å². The van der Waals surface area contributed by atoms with E-state index in [2.05, 4.69) is 15.7 Å². The van der Waals surface area contributed by atoms with Crippen molar-refractivity contribution in [1.29, 1.82) is 0 Å². The molecule has 1 aliphatic heterocycles. The Morgan fingerprint density at radius 1 is 1.27 bits per heavy atom. The lowest BCUT2D eigenvalue weighted by Crippen LogP contribution is -2.35. The summed E-state index contributed by atoms with van der Waals surface area (Å²) in [7, 11) is 1.87. The van der Waals surface area contributed by atoms with Crippen molar-refractivity contribution in [3.05, 3.63) is 47.8 Å². The van der Waals surface area contributed by atoms with Gasteiger partial charge in [0.1, 0.15) is 0 Å². The standard InChI is InChI=1S/C19H25N5O2/c1-19(2,18(20)26)13-4-6-14(7-5-13)23-17(25)16-10-21-9-15(16)12-8-22-24(3)11-12/h4-8,11,15-16,21H,9-10H2,1-3H3,(H2,20,26)(H,23,25)/t15-,16+/m1/s1. The van der Waals surface area contributed by atoms with Crippen LogP contribution in [0.4, 0.5) is 5.69 Å². The third-order valence-corrected chi connectivity index (χ3v) is 5.19. The van der Waals surface area contributed by atoms with Crippen LogP contribution in [0.3, 0.4) is 0 Å². The van der Waals surface area contributed by atoms with Crippen molar-refractivity contribution < 1.29 is 9.59 Å². The number of hydrogen-bond donors (Lipinski definition) is 3. The minimum Gasteiger partial charge on any atom is -0.369 e. The van der Waals surface area contributed by atoms with Gasteiger partial charge in [-0.1, -0.05) is 12.1 Å². The molecule has 1 aromatic carbocycles. The highest BCUT2D eigenvalue weighted by Crippen LogP contribution is 2.29. The zero-order valence-electron chi connectivity index (χ0n) is 15.3. The van der Waals surface area contributed by atoms with Gasteiger partial charge in [0.2, 0.25) is 11.8 Å². The number of amides is 2. The van der Waals surface area contributed by atoms with Crippen LogP contribution in [0.15, 0.2) is 36.7 Å². The number of primary amides is 1. The predicted molar refractivity (Wildman–Crippen MR) is 99.6 cm³/mol. The molecule has 1 aliphatic rings. The summed E-state index contributed by atoms with van der Waals surface area (Å²) >= 11 is 0. The molecule has 0 spiro atoms. The van der Waals surface area contributed by atoms with E-state index in [0.717, 1.165) is 17.7 Å². The summed E-state index contributed by atoms with van der Waals surface area (Å²) in [5.74, 6) is -0.450. The molecule has 1 aromatic heterocycles. The number of anilines is 1. The quantitative estimate of drug-likeness (QED) is 0.748. The van der Waals surface area contributed by atoms with Gasteiger partial charge in [-0.15, -0.1) is 0 Å². The normalized spacial score (nSPS) is 20.1. The number of carbonyl (C=O) groups excluding carboxylic acids is 2. The highest BCUT2D eigenvalue weighted by Gasteiger charge is 2.35. The van der Waals surface area contributed by atoms with Crippen LogP contribution in [-0.4, -0.2) is 34.7 Å². The predicted octanol–water partition coefficient (Wildman–Crippen LogP) is 1.12. The van der Waals surface area contributed by atoms with Crippen molar-refractivity contribution in [2.75, 3.05) is 18.4 Å². The fraction of sp³-hybridized carbons (Fsp3) is 0.421. The molecule has 0 unspecified atom stereocenters. The van der Waals surface area contributed by atoms with E-state index in [1.165, 1.54) is 0 Å². The Balaban J connectivity index is 1.70. The summed E-state index contributed by atoms with van der Waals surface area (Å²) < 4.78 is 1.75. The van der Waals surface area contributed by atoms with Gasteiger partial charge in [-0.3, -0.25) is 14.3 Å². The van der Waals surface area contributed by atoms with E-state index in [1.807, 2.05) is 31.6 Å². The van der Waals surface area contributed by atoms with E-state index in [4.69, 9.17) is 5.73 Å². The van der Waals surface area contributed by atoms with Crippen LogP contribution >= 0.6 is 0 Å². The zero-order valence-corrected chi connectivity index (χ0v) is 15.3. The fourth-order valence-electron chi connectivity index (χ4n) is 3.28. The molecule has 2 aromatic rings. The second-order valence-corrected chi connectivity index (χ2v) is 7.37. The summed E-state index contributed by atoms with van der Waals surface area (Å²) in [5, 5.41) is 10.5. The number of hydrogen-bond acceptors (Lipinski definition) is 4. The summed E-state index contributed by atoms with van der Waals surface area (Å²) in [6.45, 7) is 4.96. The molecule has 0 radical (unpaired) electrons. The third-order valence-electron chi connectivity index (χ3n) is 5.19. The molecular formula is C19H25N5O2. The van der Waals surface area contributed by atoms with Crippen molar-refractivity contribution >= 4 is 17.5 Å². The lowest BCUT2D eigenvalue weighted by Gasteiger charge is -2.21. The van der Waals surface area contributed by atoms with E-state index in [0.29, 0.717) is 12.2 Å². The molecule has 0 bridgehead atoms. The van der Waals surface area contributed by atoms with Crippen LogP contribution in [0.25, 0.3) is 0 Å². The Morgan fingerprint density at radius 2 is 1.96 bits per heavy atom. The highest BCUT2D eigenvalue weighted by atomic mass is 16.2. The third kappa shape index (κ3) is 3.48. The first-order chi connectivity index (χ1) is 12.3. The van der Waals surface area contributed by atoms with Crippen LogP contribution < -0.4 is 16.4 Å². The van der Waals surface area contributed by atoms with Gasteiger partial charge in [0.25, 0.3) is 0 Å². The molecule has 2 atom stereocenters. The molecule has 2 heterocycles. The van der Waals surface area contributed by atoms with Crippen LogP contribution in [0.2, 0.25) is 0 Å². The fourth-order valence-corrected chi connectivity index (χ4v) is 3.28. The molecule has 0 aliphatic carbocycles. The van der Waals surface area contributed by atoms with Gasteiger partial charge < -0.3 is 16.4 Å². The number of nitrogens with two attached hydrogens (primary N) is 1. The average molecular weight is 355 g/mol. The Bertz CT molecular complexity index is 810. The molecule has 3 rings (SSSR count). The minimum atomic E-state index is -0.747. The number of aromatic nitrogens is 2. The highest BCUT2D eigenvalue weighted by molar-refractivity contribution is 5.94. The van der Waals surface area contributed by atoms with Gasteiger partial charge in [-0.2, -0.15) is 5.10 Å². The largest absolute Gasteiger partial charge is 0.369 e. The second-order valence-electron chi connectivity index (χ2n) is 7.37. The van der Waals surface area contributed by atoms with Gasteiger partial charge in [0.15, 0.2) is 0 Å². The Morgan fingerprint density at radius 3 is 2.54 bits per heavy atom. The minimum absolute atomic E-state index is 0.0224. The lowest BCUT2D eigenvalue weighted by molar-refractivity contribution is -0.122. The first kappa shape index (κ1) is 18.1. The maximum absolute atomic E-state index is 12.7. The molecule has 1 saturated heterocycles. The molecule has 0 saturated carbocycles. The van der Waals surface area contributed by atoms with Gasteiger partial charge in [-0.05, 0) is 37.1 Å². The molecule has 7 nitrogen and oxygen atoms in total. The number of nitrogens with zero attached hydrogens (tertiary/aromatic N) is 2.